The van der Waals surface area contributed by atoms with Crippen LogP contribution in [0.3, 0.4) is 0 Å². The van der Waals surface area contributed by atoms with E-state index in [1.165, 1.54) is 12.1 Å². The van der Waals surface area contributed by atoms with E-state index in [0.717, 1.165) is 11.6 Å². The molecule has 132 valence electrons. The quantitative estimate of drug-likeness (QED) is 0.636. The van der Waals surface area contributed by atoms with Crippen molar-refractivity contribution in [3.8, 4) is 0 Å². The molecule has 0 bridgehead atoms. The summed E-state index contributed by atoms with van der Waals surface area (Å²) in [6.07, 6.45) is 5.13. The van der Waals surface area contributed by atoms with Crippen molar-refractivity contribution in [3.05, 3.63) is 74.0 Å². The number of nitro benzene ring substituents is 1. The van der Waals surface area contributed by atoms with E-state index >= 15 is 0 Å². The molecule has 0 radical (unpaired) electrons. The number of non-ortho nitro benzene ring substituents is 1. The molecule has 2 aliphatic rings. The number of hydrogen-bond acceptors (Lipinski definition) is 4. The summed E-state index contributed by atoms with van der Waals surface area (Å²) in [5.41, 5.74) is 2.27. The molecular formula is C18H14ClN3O4. The number of benzene rings is 1. The predicted molar refractivity (Wildman–Crippen MR) is 97.1 cm³/mol. The number of hydrogen-bond donors (Lipinski definition) is 1. The van der Waals surface area contributed by atoms with Crippen molar-refractivity contribution in [2.75, 3.05) is 0 Å². The van der Waals surface area contributed by atoms with Gasteiger partial charge in [0, 0.05) is 29.3 Å². The van der Waals surface area contributed by atoms with Gasteiger partial charge in [-0.25, -0.2) is 4.99 Å². The van der Waals surface area contributed by atoms with E-state index in [4.69, 9.17) is 11.6 Å². The molecule has 1 heterocycles. The molecule has 1 N–H and O–H groups in total. The maximum atomic E-state index is 12.4. The third kappa shape index (κ3) is 3.21. The van der Waals surface area contributed by atoms with Crippen molar-refractivity contribution in [2.45, 2.75) is 13.8 Å². The van der Waals surface area contributed by atoms with Crippen LogP contribution in [0.4, 0.5) is 5.69 Å². The van der Waals surface area contributed by atoms with Crippen LogP contribution in [0.1, 0.15) is 24.2 Å². The van der Waals surface area contributed by atoms with Crippen molar-refractivity contribution in [1.29, 1.82) is 0 Å². The first-order valence-corrected chi connectivity index (χ1v) is 8.11. The van der Waals surface area contributed by atoms with Crippen LogP contribution in [-0.2, 0) is 4.79 Å². The van der Waals surface area contributed by atoms with E-state index in [9.17, 15) is 19.7 Å². The lowest BCUT2D eigenvalue weighted by atomic mass is 9.85. The first-order valence-electron chi connectivity index (χ1n) is 7.73. The molecule has 0 fully saturated rings. The smallest absolute Gasteiger partial charge is 0.279 e. The van der Waals surface area contributed by atoms with E-state index < -0.39 is 10.8 Å². The topological polar surface area (TPSA) is 102 Å². The predicted octanol–water partition coefficient (Wildman–Crippen LogP) is 3.37. The van der Waals surface area contributed by atoms with Gasteiger partial charge in [-0.05, 0) is 32.1 Å². The van der Waals surface area contributed by atoms with Gasteiger partial charge in [-0.3, -0.25) is 19.7 Å². The molecule has 1 aromatic rings. The molecule has 3 rings (SSSR count). The SMILES string of the molecule is CC1=C(C)C2C=CC(=NC(=O)c3cc([N+](=O)[O-])ccc3Cl)C=C2NC1=O. The van der Waals surface area contributed by atoms with Gasteiger partial charge >= 0.3 is 0 Å². The van der Waals surface area contributed by atoms with Gasteiger partial charge in [0.05, 0.1) is 21.2 Å². The number of nitrogens with one attached hydrogen (secondary N) is 1. The van der Waals surface area contributed by atoms with Gasteiger partial charge in [0.15, 0.2) is 0 Å². The summed E-state index contributed by atoms with van der Waals surface area (Å²) in [6, 6.07) is 3.60. The summed E-state index contributed by atoms with van der Waals surface area (Å²) >= 11 is 5.97. The third-order valence-electron chi connectivity index (χ3n) is 4.38. The molecular weight excluding hydrogens is 358 g/mol. The summed E-state index contributed by atoms with van der Waals surface area (Å²) in [6.45, 7) is 3.64. The molecule has 26 heavy (non-hydrogen) atoms. The number of rotatable bonds is 2. The molecule has 1 aromatic carbocycles. The zero-order valence-corrected chi connectivity index (χ0v) is 14.7. The Kier molecular flexibility index (Phi) is 4.56. The molecule has 1 unspecified atom stereocenters. The van der Waals surface area contributed by atoms with Crippen molar-refractivity contribution >= 4 is 34.8 Å². The lowest BCUT2D eigenvalue weighted by Crippen LogP contribution is -2.35. The van der Waals surface area contributed by atoms with E-state index in [0.29, 0.717) is 17.0 Å². The van der Waals surface area contributed by atoms with Crippen molar-refractivity contribution in [1.82, 2.24) is 5.32 Å². The number of nitro groups is 1. The van der Waals surface area contributed by atoms with Gasteiger partial charge in [0.2, 0.25) is 0 Å². The summed E-state index contributed by atoms with van der Waals surface area (Å²) in [5, 5.41) is 13.7. The molecule has 0 saturated carbocycles. The highest BCUT2D eigenvalue weighted by atomic mass is 35.5. The number of carbonyl (C=O) groups is 2. The number of amides is 2. The second-order valence-electron chi connectivity index (χ2n) is 5.96. The molecule has 1 aliphatic heterocycles. The Labute approximate surface area is 153 Å². The highest BCUT2D eigenvalue weighted by Gasteiger charge is 2.27. The largest absolute Gasteiger partial charge is 0.325 e. The van der Waals surface area contributed by atoms with Crippen molar-refractivity contribution < 1.29 is 14.5 Å². The fourth-order valence-electron chi connectivity index (χ4n) is 2.76. The van der Waals surface area contributed by atoms with E-state index in [1.54, 1.807) is 19.1 Å². The number of fused-ring (bicyclic) bond motifs is 1. The highest BCUT2D eigenvalue weighted by Crippen LogP contribution is 2.30. The van der Waals surface area contributed by atoms with Crippen LogP contribution in [0.15, 0.2) is 58.3 Å². The fourth-order valence-corrected chi connectivity index (χ4v) is 2.96. The van der Waals surface area contributed by atoms with Crippen molar-refractivity contribution in [2.24, 2.45) is 10.9 Å². The lowest BCUT2D eigenvalue weighted by molar-refractivity contribution is -0.384. The minimum absolute atomic E-state index is 0.0538. The van der Waals surface area contributed by atoms with Crippen LogP contribution in [0, 0.1) is 16.0 Å². The number of carbonyl (C=O) groups excluding carboxylic acids is 2. The van der Waals surface area contributed by atoms with Crippen LogP contribution in [0.5, 0.6) is 0 Å². The van der Waals surface area contributed by atoms with Gasteiger partial charge in [-0.1, -0.05) is 23.3 Å². The monoisotopic (exact) mass is 371 g/mol. The molecule has 1 atom stereocenters. The van der Waals surface area contributed by atoms with Gasteiger partial charge in [0.1, 0.15) is 0 Å². The molecule has 0 saturated heterocycles. The minimum Gasteiger partial charge on any atom is -0.325 e. The number of nitrogens with zero attached hydrogens (tertiary/aromatic N) is 2. The van der Waals surface area contributed by atoms with Crippen LogP contribution < -0.4 is 5.32 Å². The summed E-state index contributed by atoms with van der Waals surface area (Å²) in [7, 11) is 0. The van der Waals surface area contributed by atoms with E-state index in [-0.39, 0.29) is 28.1 Å². The molecule has 0 aromatic heterocycles. The molecule has 1 aliphatic carbocycles. The highest BCUT2D eigenvalue weighted by molar-refractivity contribution is 6.34. The van der Waals surface area contributed by atoms with Crippen LogP contribution in [-0.4, -0.2) is 22.4 Å². The molecule has 2 amide bonds. The maximum Gasteiger partial charge on any atom is 0.279 e. The van der Waals surface area contributed by atoms with Gasteiger partial charge < -0.3 is 5.32 Å². The number of halogens is 1. The number of allylic oxidation sites excluding steroid dienone is 3. The Morgan fingerprint density at radius 3 is 2.77 bits per heavy atom. The fraction of sp³-hybridized carbons (Fsp3) is 0.167. The zero-order chi connectivity index (χ0) is 19.0. The van der Waals surface area contributed by atoms with Gasteiger partial charge in [0.25, 0.3) is 17.5 Å². The summed E-state index contributed by atoms with van der Waals surface area (Å²) < 4.78 is 0. The first kappa shape index (κ1) is 17.8. The third-order valence-corrected chi connectivity index (χ3v) is 4.71. The Bertz CT molecular complexity index is 973. The standard InChI is InChI=1S/C18H14ClN3O4/c1-9-10(2)17(23)21-16-7-11(3-5-13(9)16)20-18(24)14-8-12(22(25)26)4-6-15(14)19/h3-8,13H,1-2H3,(H,21,23). The molecule has 8 heteroatoms. The summed E-state index contributed by atoms with van der Waals surface area (Å²) in [5.74, 6) is -0.949. The maximum absolute atomic E-state index is 12.4. The summed E-state index contributed by atoms with van der Waals surface area (Å²) in [4.78, 5) is 38.6. The van der Waals surface area contributed by atoms with E-state index in [2.05, 4.69) is 10.3 Å². The van der Waals surface area contributed by atoms with Crippen molar-refractivity contribution in [3.63, 3.8) is 0 Å². The Morgan fingerprint density at radius 2 is 2.08 bits per heavy atom. The lowest BCUT2D eigenvalue weighted by Gasteiger charge is -2.28. The molecule has 7 nitrogen and oxygen atoms in total. The van der Waals surface area contributed by atoms with E-state index in [1.807, 2.05) is 13.0 Å². The Hall–Kier alpha value is -3.06. The van der Waals surface area contributed by atoms with Gasteiger partial charge in [-0.2, -0.15) is 0 Å². The Balaban J connectivity index is 1.93. The van der Waals surface area contributed by atoms with Gasteiger partial charge in [-0.15, -0.1) is 0 Å². The van der Waals surface area contributed by atoms with Crippen LogP contribution in [0.2, 0.25) is 5.02 Å². The number of aliphatic imine (C=N–C) groups is 1. The first-order chi connectivity index (χ1) is 12.3. The Morgan fingerprint density at radius 1 is 1.35 bits per heavy atom. The normalized spacial score (nSPS) is 20.6. The average molecular weight is 372 g/mol. The van der Waals surface area contributed by atoms with Crippen LogP contribution >= 0.6 is 11.6 Å². The van der Waals surface area contributed by atoms with Crippen LogP contribution in [0.25, 0.3) is 0 Å². The molecule has 0 spiro atoms. The second kappa shape index (κ2) is 6.68. The zero-order valence-electron chi connectivity index (χ0n) is 13.9. The minimum atomic E-state index is -0.695. The average Bonchev–Trinajstić information content (AvgIpc) is 2.59. The second-order valence-corrected chi connectivity index (χ2v) is 6.37.